The van der Waals surface area contributed by atoms with Crippen LogP contribution in [0.15, 0.2) is 12.1 Å². The van der Waals surface area contributed by atoms with E-state index in [1.54, 1.807) is 0 Å². The molecular formula is C16H18N2O2. The maximum absolute atomic E-state index is 12.4. The predicted octanol–water partition coefficient (Wildman–Crippen LogP) is 1.80. The lowest BCUT2D eigenvalue weighted by Gasteiger charge is -2.13. The van der Waals surface area contributed by atoms with Gasteiger partial charge < -0.3 is 10.2 Å². The molecule has 4 heteroatoms. The van der Waals surface area contributed by atoms with Crippen molar-refractivity contribution in [2.24, 2.45) is 0 Å². The Morgan fingerprint density at radius 3 is 2.75 bits per heavy atom. The number of hydrogen-bond acceptors (Lipinski definition) is 2. The maximum Gasteiger partial charge on any atom is 0.251 e. The van der Waals surface area contributed by atoms with E-state index in [1.807, 2.05) is 17.0 Å². The summed E-state index contributed by atoms with van der Waals surface area (Å²) in [6.45, 7) is 0.773. The van der Waals surface area contributed by atoms with Crippen molar-refractivity contribution in [1.82, 2.24) is 5.32 Å². The zero-order valence-electron chi connectivity index (χ0n) is 11.4. The molecule has 104 valence electrons. The first kappa shape index (κ1) is 11.9. The first-order chi connectivity index (χ1) is 9.72. The van der Waals surface area contributed by atoms with Crippen LogP contribution in [0.2, 0.25) is 0 Å². The molecule has 0 radical (unpaired) electrons. The molecule has 1 fully saturated rings. The van der Waals surface area contributed by atoms with Crippen molar-refractivity contribution >= 4 is 17.5 Å². The molecule has 3 aliphatic rings. The molecule has 1 aliphatic carbocycles. The average molecular weight is 270 g/mol. The Hall–Kier alpha value is -1.84. The van der Waals surface area contributed by atoms with E-state index in [9.17, 15) is 9.59 Å². The number of benzene rings is 1. The smallest absolute Gasteiger partial charge is 0.251 e. The highest BCUT2D eigenvalue weighted by Crippen LogP contribution is 2.38. The molecule has 4 rings (SSSR count). The second-order valence-electron chi connectivity index (χ2n) is 6.07. The van der Waals surface area contributed by atoms with Gasteiger partial charge in [-0.3, -0.25) is 9.59 Å². The summed E-state index contributed by atoms with van der Waals surface area (Å²) in [6.07, 6.45) is 5.94. The van der Waals surface area contributed by atoms with E-state index in [0.717, 1.165) is 48.2 Å². The molecule has 0 saturated heterocycles. The molecule has 1 aromatic carbocycles. The summed E-state index contributed by atoms with van der Waals surface area (Å²) in [5.41, 5.74) is 3.99. The Morgan fingerprint density at radius 2 is 1.95 bits per heavy atom. The summed E-state index contributed by atoms with van der Waals surface area (Å²) in [6, 6.07) is 4.22. The monoisotopic (exact) mass is 270 g/mol. The molecule has 1 aromatic rings. The van der Waals surface area contributed by atoms with Crippen LogP contribution >= 0.6 is 0 Å². The van der Waals surface area contributed by atoms with Crippen LogP contribution in [0.5, 0.6) is 0 Å². The van der Waals surface area contributed by atoms with Crippen LogP contribution in [0.4, 0.5) is 5.69 Å². The quantitative estimate of drug-likeness (QED) is 0.891. The van der Waals surface area contributed by atoms with Crippen LogP contribution in [-0.4, -0.2) is 24.4 Å². The van der Waals surface area contributed by atoms with Gasteiger partial charge in [0.05, 0.1) is 12.1 Å². The predicted molar refractivity (Wildman–Crippen MR) is 75.9 cm³/mol. The number of hydrogen-bond donors (Lipinski definition) is 1. The van der Waals surface area contributed by atoms with Gasteiger partial charge in [-0.25, -0.2) is 0 Å². The van der Waals surface area contributed by atoms with Crippen molar-refractivity contribution in [2.75, 3.05) is 11.4 Å². The van der Waals surface area contributed by atoms with Gasteiger partial charge in [-0.05, 0) is 42.5 Å². The minimum absolute atomic E-state index is 0.0220. The fraction of sp³-hybridized carbons (Fsp3) is 0.500. The van der Waals surface area contributed by atoms with Crippen LogP contribution in [-0.2, 0) is 17.6 Å². The minimum Gasteiger partial charge on any atom is -0.349 e. The van der Waals surface area contributed by atoms with Gasteiger partial charge in [-0.1, -0.05) is 12.8 Å². The molecule has 0 spiro atoms. The Labute approximate surface area is 118 Å². The lowest BCUT2D eigenvalue weighted by atomic mass is 10.0. The van der Waals surface area contributed by atoms with Crippen molar-refractivity contribution in [1.29, 1.82) is 0 Å². The number of carbonyl (C=O) groups is 2. The van der Waals surface area contributed by atoms with E-state index in [2.05, 4.69) is 5.32 Å². The highest BCUT2D eigenvalue weighted by atomic mass is 16.2. The van der Waals surface area contributed by atoms with Crippen LogP contribution < -0.4 is 10.2 Å². The van der Waals surface area contributed by atoms with E-state index >= 15 is 0 Å². The number of carbonyl (C=O) groups excluding carboxylic acids is 2. The molecule has 0 unspecified atom stereocenters. The molecule has 2 aliphatic heterocycles. The SMILES string of the molecule is O=C(NC1CCCC1)c1cc2c3c(c1)CC(=O)N3CC2. The van der Waals surface area contributed by atoms with Crippen LogP contribution in [0.1, 0.15) is 47.2 Å². The fourth-order valence-electron chi connectivity index (χ4n) is 3.75. The Balaban J connectivity index is 1.62. The highest BCUT2D eigenvalue weighted by molar-refractivity contribution is 6.05. The zero-order chi connectivity index (χ0) is 13.7. The Kier molecular flexibility index (Phi) is 2.59. The lowest BCUT2D eigenvalue weighted by Crippen LogP contribution is -2.32. The minimum atomic E-state index is 0.0220. The van der Waals surface area contributed by atoms with E-state index in [1.165, 1.54) is 12.8 Å². The van der Waals surface area contributed by atoms with E-state index < -0.39 is 0 Å². The summed E-state index contributed by atoms with van der Waals surface area (Å²) in [5.74, 6) is 0.195. The maximum atomic E-state index is 12.4. The van der Waals surface area contributed by atoms with Gasteiger partial charge in [0.2, 0.25) is 5.91 Å². The van der Waals surface area contributed by atoms with E-state index in [4.69, 9.17) is 0 Å². The summed E-state index contributed by atoms with van der Waals surface area (Å²) >= 11 is 0. The summed E-state index contributed by atoms with van der Waals surface area (Å²) in [7, 11) is 0. The number of nitrogens with zero attached hydrogens (tertiary/aromatic N) is 1. The van der Waals surface area contributed by atoms with E-state index in [-0.39, 0.29) is 11.8 Å². The normalized spacial score (nSPS) is 20.6. The second kappa shape index (κ2) is 4.33. The average Bonchev–Trinajstić information content (AvgIpc) is 3.12. The second-order valence-corrected chi connectivity index (χ2v) is 6.07. The van der Waals surface area contributed by atoms with Gasteiger partial charge in [0, 0.05) is 18.2 Å². The van der Waals surface area contributed by atoms with Crippen molar-refractivity contribution in [3.63, 3.8) is 0 Å². The summed E-state index contributed by atoms with van der Waals surface area (Å²) in [5, 5.41) is 3.12. The van der Waals surface area contributed by atoms with Gasteiger partial charge in [-0.15, -0.1) is 0 Å². The molecule has 0 bridgehead atoms. The number of amides is 2. The summed E-state index contributed by atoms with van der Waals surface area (Å²) < 4.78 is 0. The van der Waals surface area contributed by atoms with Crippen LogP contribution in [0.3, 0.4) is 0 Å². The third-order valence-electron chi connectivity index (χ3n) is 4.74. The fourth-order valence-corrected chi connectivity index (χ4v) is 3.75. The van der Waals surface area contributed by atoms with Gasteiger partial charge in [-0.2, -0.15) is 0 Å². The summed E-state index contributed by atoms with van der Waals surface area (Å²) in [4.78, 5) is 26.1. The topological polar surface area (TPSA) is 49.4 Å². The van der Waals surface area contributed by atoms with Gasteiger partial charge in [0.15, 0.2) is 0 Å². The molecule has 0 atom stereocenters. The Morgan fingerprint density at radius 1 is 1.20 bits per heavy atom. The number of rotatable bonds is 2. The van der Waals surface area contributed by atoms with Crippen molar-refractivity contribution in [2.45, 2.75) is 44.6 Å². The molecule has 2 heterocycles. The van der Waals surface area contributed by atoms with E-state index in [0.29, 0.717) is 12.5 Å². The first-order valence-corrected chi connectivity index (χ1v) is 7.49. The molecular weight excluding hydrogens is 252 g/mol. The largest absolute Gasteiger partial charge is 0.349 e. The van der Waals surface area contributed by atoms with Crippen LogP contribution in [0, 0.1) is 0 Å². The van der Waals surface area contributed by atoms with Crippen molar-refractivity contribution < 1.29 is 9.59 Å². The van der Waals surface area contributed by atoms with Crippen LogP contribution in [0.25, 0.3) is 0 Å². The van der Waals surface area contributed by atoms with Crippen molar-refractivity contribution in [3.8, 4) is 0 Å². The standard InChI is InChI=1S/C16H18N2O2/c19-14-9-11-8-12(7-10-5-6-18(14)15(10)11)16(20)17-13-3-1-2-4-13/h7-8,13H,1-6,9H2,(H,17,20). The lowest BCUT2D eigenvalue weighted by molar-refractivity contribution is -0.117. The molecule has 1 N–H and O–H groups in total. The number of nitrogens with one attached hydrogen (secondary N) is 1. The highest BCUT2D eigenvalue weighted by Gasteiger charge is 2.34. The molecule has 2 amide bonds. The van der Waals surface area contributed by atoms with Gasteiger partial charge in [0.25, 0.3) is 5.91 Å². The zero-order valence-corrected chi connectivity index (χ0v) is 11.4. The first-order valence-electron chi connectivity index (χ1n) is 7.49. The third-order valence-corrected chi connectivity index (χ3v) is 4.74. The van der Waals surface area contributed by atoms with Gasteiger partial charge in [0.1, 0.15) is 0 Å². The number of anilines is 1. The van der Waals surface area contributed by atoms with Gasteiger partial charge >= 0.3 is 0 Å². The molecule has 4 nitrogen and oxygen atoms in total. The molecule has 20 heavy (non-hydrogen) atoms. The third kappa shape index (κ3) is 1.74. The molecule has 1 saturated carbocycles. The van der Waals surface area contributed by atoms with Crippen molar-refractivity contribution in [3.05, 3.63) is 28.8 Å². The molecule has 0 aromatic heterocycles. The Bertz CT molecular complexity index is 603.